The second-order valence-electron chi connectivity index (χ2n) is 16.3. The Hall–Kier alpha value is -7.16. The van der Waals surface area contributed by atoms with Crippen LogP contribution in [0.4, 0.5) is 0 Å². The third-order valence-electron chi connectivity index (χ3n) is 12.0. The average Bonchev–Trinajstić information content (AvgIpc) is 4.12. The summed E-state index contributed by atoms with van der Waals surface area (Å²) in [6.07, 6.45) is -11.2. The highest BCUT2D eigenvalue weighted by molar-refractivity contribution is 6.09. The topological polar surface area (TPSA) is 75.6 Å². The largest absolute Gasteiger partial charge is 0.455 e. The van der Waals surface area contributed by atoms with Crippen LogP contribution < -0.4 is 0 Å². The summed E-state index contributed by atoms with van der Waals surface area (Å²) in [7, 11) is 0. The van der Waals surface area contributed by atoms with Gasteiger partial charge in [-0.2, -0.15) is 5.26 Å². The molecule has 5 nitrogen and oxygen atoms in total. The number of hydrogen-bond donors (Lipinski definition) is 0. The highest BCUT2D eigenvalue weighted by Gasteiger charge is 2.23. The highest BCUT2D eigenvalue weighted by atomic mass is 16.3. The molecule has 0 amide bonds. The molecule has 0 radical (unpaired) electrons. The van der Waals surface area contributed by atoms with E-state index in [1.165, 1.54) is 18.6 Å². The van der Waals surface area contributed by atoms with E-state index in [4.69, 9.17) is 9.40 Å². The van der Waals surface area contributed by atoms with Crippen LogP contribution in [0.1, 0.15) is 104 Å². The molecule has 0 unspecified atom stereocenters. The van der Waals surface area contributed by atoms with Crippen molar-refractivity contribution in [1.82, 2.24) is 15.0 Å². The Morgan fingerprint density at radius 2 is 1.11 bits per heavy atom. The molecular weight excluding hydrogens is 781 g/mol. The van der Waals surface area contributed by atoms with E-state index in [2.05, 4.69) is 16.0 Å². The number of rotatable bonds is 13. The maximum absolute atomic E-state index is 9.89. The van der Waals surface area contributed by atoms with E-state index in [-0.39, 0.29) is 22.6 Å². The molecule has 64 heavy (non-hydrogen) atoms. The number of aryl methyl sites for hydroxylation is 8. The van der Waals surface area contributed by atoms with E-state index < -0.39 is 54.9 Å². The predicted molar refractivity (Wildman–Crippen MR) is 260 cm³/mol. The minimum atomic E-state index is -3.12. The standard InChI is InChI=1S/C59H52N4O/c1-39-28-55(46-14-5-3-6-15-46)61-36-48(39)24-20-41-30-42(21-25-49-37-62-56(29-40(49)2)47-16-7-4-8-17-47)32-43(31-41)22-26-50-38-63-57(34-54(50)45-12-9-10-13-45)53-19-11-18-52-51-27-23-44(35-60)33-58(51)64-59(52)53/h3-8,11,14-19,23,27-34,36-38,45H,9-10,12-13,20-22,24-26H2,1-2H3/i20D2,21D2,22D2,24D2,25D2,26D2. The van der Waals surface area contributed by atoms with E-state index in [0.717, 1.165) is 52.9 Å². The number of aromatic nitrogens is 3. The smallest absolute Gasteiger partial charge is 0.144 e. The molecule has 4 aromatic heterocycles. The molecule has 4 heterocycles. The molecule has 5 heteroatoms. The van der Waals surface area contributed by atoms with Gasteiger partial charge in [0, 0.05) is 62.5 Å². The second-order valence-corrected chi connectivity index (χ2v) is 16.3. The van der Waals surface area contributed by atoms with Crippen LogP contribution in [0.2, 0.25) is 0 Å². The number of para-hydroxylation sites is 1. The van der Waals surface area contributed by atoms with Crippen molar-refractivity contribution in [2.45, 2.75) is 83.7 Å². The lowest BCUT2D eigenvalue weighted by Gasteiger charge is -2.18. The lowest BCUT2D eigenvalue weighted by molar-refractivity contribution is 0.669. The van der Waals surface area contributed by atoms with Crippen molar-refractivity contribution in [3.05, 3.63) is 208 Å². The minimum absolute atomic E-state index is 0.0763. The number of nitrogens with zero attached hydrogens (tertiary/aromatic N) is 4. The van der Waals surface area contributed by atoms with Crippen molar-refractivity contribution in [2.24, 2.45) is 0 Å². The zero-order valence-corrected chi connectivity index (χ0v) is 35.5. The van der Waals surface area contributed by atoms with E-state index in [1.807, 2.05) is 84.9 Å². The molecule has 1 fully saturated rings. The average molecular weight is 845 g/mol. The number of pyridine rings is 3. The summed E-state index contributed by atoms with van der Waals surface area (Å²) in [4.78, 5) is 13.8. The van der Waals surface area contributed by atoms with Gasteiger partial charge in [-0.25, -0.2) is 0 Å². The molecule has 0 aliphatic heterocycles. The summed E-state index contributed by atoms with van der Waals surface area (Å²) < 4.78 is 123. The Bertz CT molecular complexity index is 3600. The molecule has 1 saturated carbocycles. The van der Waals surface area contributed by atoms with Crippen molar-refractivity contribution in [2.75, 3.05) is 0 Å². The van der Waals surface area contributed by atoms with Crippen molar-refractivity contribution in [1.29, 1.82) is 5.26 Å². The summed E-state index contributed by atoms with van der Waals surface area (Å²) >= 11 is 0. The number of hydrogen-bond acceptors (Lipinski definition) is 5. The van der Waals surface area contributed by atoms with Crippen LogP contribution in [0.15, 0.2) is 156 Å². The highest BCUT2D eigenvalue weighted by Crippen LogP contribution is 2.40. The molecule has 0 atom stereocenters. The zero-order chi connectivity index (χ0) is 54.2. The van der Waals surface area contributed by atoms with Crippen molar-refractivity contribution in [3.8, 4) is 39.8 Å². The first kappa shape index (κ1) is 29.3. The van der Waals surface area contributed by atoms with Crippen LogP contribution in [0.3, 0.4) is 0 Å². The molecule has 1 aliphatic rings. The fourth-order valence-electron chi connectivity index (χ4n) is 8.54. The second kappa shape index (κ2) is 18.3. The van der Waals surface area contributed by atoms with Crippen molar-refractivity contribution >= 4 is 21.9 Å². The number of nitriles is 1. The molecule has 0 bridgehead atoms. The van der Waals surface area contributed by atoms with Crippen LogP contribution >= 0.6 is 0 Å². The normalized spacial score (nSPS) is 17.0. The first-order chi connectivity index (χ1) is 36.0. The zero-order valence-electron chi connectivity index (χ0n) is 47.5. The maximum Gasteiger partial charge on any atom is 0.144 e. The van der Waals surface area contributed by atoms with Crippen molar-refractivity contribution in [3.63, 3.8) is 0 Å². The first-order valence-electron chi connectivity index (χ1n) is 27.6. The van der Waals surface area contributed by atoms with Gasteiger partial charge in [-0.15, -0.1) is 0 Å². The Kier molecular flexibility index (Phi) is 8.36. The lowest BCUT2D eigenvalue weighted by Crippen LogP contribution is -2.05. The predicted octanol–water partition coefficient (Wildman–Crippen LogP) is 14.3. The molecule has 5 aromatic carbocycles. The number of fused-ring (bicyclic) bond motifs is 3. The molecule has 10 rings (SSSR count). The number of benzene rings is 5. The van der Waals surface area contributed by atoms with Crippen LogP contribution in [-0.4, -0.2) is 15.0 Å². The molecule has 314 valence electrons. The Balaban J connectivity index is 1.12. The van der Waals surface area contributed by atoms with Gasteiger partial charge in [0.05, 0.1) is 28.7 Å². The molecule has 1 aliphatic carbocycles. The summed E-state index contributed by atoms with van der Waals surface area (Å²) in [6, 6.07) is 39.5. The monoisotopic (exact) mass is 844 g/mol. The Labute approximate surface area is 393 Å². The fraction of sp³-hybridized carbons (Fsp3) is 0.220. The third kappa shape index (κ3) is 8.74. The first-order valence-corrected chi connectivity index (χ1v) is 21.6. The Morgan fingerprint density at radius 3 is 1.67 bits per heavy atom. The SMILES string of the molecule is [2H]C([2H])(c1cc(C([2H])([2H])C([2H])([2H])c2cnc(-c3ccccc3)cc2C)cc(C([2H])([2H])C([2H])([2H])c2cnc(-c3cccc4c3oc3cc(C#N)ccc34)cc2C2CCCC2)c1)C([2H])([2H])c1cnc(-c2ccccc2)cc1C. The van der Waals surface area contributed by atoms with Crippen molar-refractivity contribution < 1.29 is 20.9 Å². The molecule has 0 N–H and O–H groups in total. The van der Waals surface area contributed by atoms with Crippen LogP contribution in [-0.2, 0) is 38.2 Å². The van der Waals surface area contributed by atoms with Gasteiger partial charge in [-0.3, -0.25) is 15.0 Å². The van der Waals surface area contributed by atoms with Gasteiger partial charge >= 0.3 is 0 Å². The van der Waals surface area contributed by atoms with E-state index >= 15 is 0 Å². The maximum atomic E-state index is 9.89. The van der Waals surface area contributed by atoms with Gasteiger partial charge in [0.1, 0.15) is 11.2 Å². The summed E-state index contributed by atoms with van der Waals surface area (Å²) in [5.74, 6) is -0.199. The van der Waals surface area contributed by atoms with Gasteiger partial charge in [0.2, 0.25) is 0 Å². The third-order valence-corrected chi connectivity index (χ3v) is 12.0. The Morgan fingerprint density at radius 1 is 0.562 bits per heavy atom. The lowest BCUT2D eigenvalue weighted by atomic mass is 9.89. The summed E-state index contributed by atoms with van der Waals surface area (Å²) in [5.41, 5.74) is 4.33. The van der Waals surface area contributed by atoms with Gasteiger partial charge in [0.15, 0.2) is 0 Å². The number of furan rings is 1. The van der Waals surface area contributed by atoms with Crippen LogP contribution in [0.5, 0.6) is 0 Å². The molecule has 0 saturated heterocycles. The van der Waals surface area contributed by atoms with Crippen LogP contribution in [0, 0.1) is 25.2 Å². The van der Waals surface area contributed by atoms with Gasteiger partial charge < -0.3 is 4.42 Å². The van der Waals surface area contributed by atoms with Crippen LogP contribution in [0.25, 0.3) is 55.7 Å². The summed E-state index contributed by atoms with van der Waals surface area (Å²) in [5, 5.41) is 11.2. The van der Waals surface area contributed by atoms with E-state index in [0.29, 0.717) is 68.9 Å². The minimum Gasteiger partial charge on any atom is -0.455 e. The summed E-state index contributed by atoms with van der Waals surface area (Å²) in [6.45, 7) is 3.26. The molecular formula is C59H52N4O. The van der Waals surface area contributed by atoms with Gasteiger partial charge in [-0.05, 0) is 163 Å². The quantitative estimate of drug-likeness (QED) is 0.116. The fourth-order valence-corrected chi connectivity index (χ4v) is 8.54. The van der Waals surface area contributed by atoms with E-state index in [1.54, 1.807) is 44.2 Å². The van der Waals surface area contributed by atoms with Gasteiger partial charge in [-0.1, -0.05) is 104 Å². The van der Waals surface area contributed by atoms with E-state index in [9.17, 15) is 21.7 Å². The van der Waals surface area contributed by atoms with Gasteiger partial charge in [0.25, 0.3) is 0 Å². The molecule has 0 spiro atoms. The molecule has 9 aromatic rings.